The van der Waals surface area contributed by atoms with Crippen molar-refractivity contribution in [3.05, 3.63) is 35.9 Å². The van der Waals surface area contributed by atoms with Crippen LogP contribution >= 0.6 is 0 Å². The van der Waals surface area contributed by atoms with Crippen molar-refractivity contribution < 1.29 is 13.2 Å². The Balaban J connectivity index is 2.28. The number of aryl methyl sites for hydroxylation is 1. The van der Waals surface area contributed by atoms with Gasteiger partial charge in [0, 0.05) is 18.8 Å². The molecule has 0 spiro atoms. The topological polar surface area (TPSA) is 43.8 Å². The summed E-state index contributed by atoms with van der Waals surface area (Å²) in [5, 5.41) is 0. The van der Waals surface area contributed by atoms with Gasteiger partial charge in [0.05, 0.1) is 0 Å². The lowest BCUT2D eigenvalue weighted by molar-refractivity contribution is -0.141. The highest BCUT2D eigenvalue weighted by atomic mass is 19.4. The summed E-state index contributed by atoms with van der Waals surface area (Å²) in [5.41, 5.74) is 5.37. The van der Waals surface area contributed by atoms with E-state index in [1.54, 1.807) is 13.1 Å². The molecule has 0 aliphatic heterocycles. The van der Waals surface area contributed by atoms with Gasteiger partial charge in [-0.3, -0.25) is 0 Å². The Morgan fingerprint density at radius 1 is 1.50 bits per heavy atom. The minimum atomic E-state index is -4.41. The third kappa shape index (κ3) is 2.48. The van der Waals surface area contributed by atoms with Crippen molar-refractivity contribution in [1.82, 2.24) is 9.55 Å². The van der Waals surface area contributed by atoms with Crippen molar-refractivity contribution in [3.63, 3.8) is 0 Å². The zero-order valence-corrected chi connectivity index (χ0v) is 9.91. The number of hydrogen-bond donors (Lipinski definition) is 1. The van der Waals surface area contributed by atoms with E-state index in [2.05, 4.69) is 4.98 Å². The lowest BCUT2D eigenvalue weighted by Gasteiger charge is -2.13. The van der Waals surface area contributed by atoms with Gasteiger partial charge in [0.1, 0.15) is 5.82 Å². The number of aromatic nitrogens is 2. The standard InChI is InChI=1S/C12H14F3N3/c1-18-7-10(12(13,14)15)17-11(18)9-4-2-8(6-16)3-5-9/h2,4-5,7-8H,3,6,16H2,1H3. The molecule has 3 nitrogen and oxygen atoms in total. The second kappa shape index (κ2) is 4.61. The van der Waals surface area contributed by atoms with E-state index in [-0.39, 0.29) is 5.92 Å². The molecule has 1 aliphatic carbocycles. The largest absolute Gasteiger partial charge is 0.434 e. The van der Waals surface area contributed by atoms with Crippen LogP contribution in [0.15, 0.2) is 24.4 Å². The minimum Gasteiger partial charge on any atom is -0.333 e. The summed E-state index contributed by atoms with van der Waals surface area (Å²) in [6.45, 7) is 0.536. The number of alkyl halides is 3. The molecule has 1 aliphatic rings. The summed E-state index contributed by atoms with van der Waals surface area (Å²) in [4.78, 5) is 3.64. The lowest BCUT2D eigenvalue weighted by atomic mass is 9.96. The summed E-state index contributed by atoms with van der Waals surface area (Å²) in [5.74, 6) is 0.588. The number of imidazole rings is 1. The summed E-state index contributed by atoms with van der Waals surface area (Å²) in [7, 11) is 1.56. The van der Waals surface area contributed by atoms with E-state index in [0.29, 0.717) is 17.9 Å². The molecule has 1 atom stereocenters. The Morgan fingerprint density at radius 2 is 2.22 bits per heavy atom. The maximum atomic E-state index is 12.5. The molecule has 0 amide bonds. The van der Waals surface area contributed by atoms with Gasteiger partial charge in [0.2, 0.25) is 0 Å². The van der Waals surface area contributed by atoms with Crippen molar-refractivity contribution >= 4 is 5.57 Å². The second-order valence-electron chi connectivity index (χ2n) is 4.31. The van der Waals surface area contributed by atoms with Crippen LogP contribution in [-0.4, -0.2) is 16.1 Å². The summed E-state index contributed by atoms with van der Waals surface area (Å²) in [6, 6.07) is 0. The molecule has 2 rings (SSSR count). The Kier molecular flexibility index (Phi) is 3.30. The van der Waals surface area contributed by atoms with Gasteiger partial charge in [0.15, 0.2) is 5.69 Å². The van der Waals surface area contributed by atoms with Crippen LogP contribution in [0.25, 0.3) is 5.57 Å². The van der Waals surface area contributed by atoms with Crippen LogP contribution in [0.5, 0.6) is 0 Å². The van der Waals surface area contributed by atoms with E-state index >= 15 is 0 Å². The molecule has 18 heavy (non-hydrogen) atoms. The van der Waals surface area contributed by atoms with E-state index in [1.165, 1.54) is 4.57 Å². The number of rotatable bonds is 2. The Morgan fingerprint density at radius 3 is 2.67 bits per heavy atom. The van der Waals surface area contributed by atoms with Crippen LogP contribution in [0.2, 0.25) is 0 Å². The highest BCUT2D eigenvalue weighted by molar-refractivity contribution is 5.71. The molecule has 0 aromatic carbocycles. The molecule has 1 aromatic heterocycles. The molecule has 0 saturated heterocycles. The van der Waals surface area contributed by atoms with Crippen LogP contribution in [0.4, 0.5) is 13.2 Å². The second-order valence-corrected chi connectivity index (χ2v) is 4.31. The first kappa shape index (κ1) is 12.9. The number of allylic oxidation sites excluding steroid dienone is 3. The maximum Gasteiger partial charge on any atom is 0.434 e. The molecule has 98 valence electrons. The number of nitrogens with two attached hydrogens (primary N) is 1. The van der Waals surface area contributed by atoms with E-state index in [1.807, 2.05) is 12.2 Å². The third-order valence-corrected chi connectivity index (χ3v) is 2.92. The predicted molar refractivity (Wildman–Crippen MR) is 62.5 cm³/mol. The van der Waals surface area contributed by atoms with E-state index in [4.69, 9.17) is 5.73 Å². The molecule has 0 bridgehead atoms. The number of nitrogens with zero attached hydrogens (tertiary/aromatic N) is 2. The minimum absolute atomic E-state index is 0.260. The van der Waals surface area contributed by atoms with E-state index in [9.17, 15) is 13.2 Å². The summed E-state index contributed by atoms with van der Waals surface area (Å²) >= 11 is 0. The average molecular weight is 257 g/mol. The summed E-state index contributed by atoms with van der Waals surface area (Å²) < 4.78 is 39.0. The van der Waals surface area contributed by atoms with Gasteiger partial charge >= 0.3 is 6.18 Å². The van der Waals surface area contributed by atoms with Gasteiger partial charge in [-0.1, -0.05) is 18.2 Å². The van der Waals surface area contributed by atoms with E-state index in [0.717, 1.165) is 12.6 Å². The SMILES string of the molecule is Cn1cc(C(F)(F)F)nc1C1=CCC(CN)C=C1. The third-order valence-electron chi connectivity index (χ3n) is 2.92. The first-order valence-electron chi connectivity index (χ1n) is 5.61. The van der Waals surface area contributed by atoms with Crippen molar-refractivity contribution in [2.75, 3.05) is 6.54 Å². The lowest BCUT2D eigenvalue weighted by Crippen LogP contribution is -2.13. The fourth-order valence-corrected chi connectivity index (χ4v) is 1.88. The fourth-order valence-electron chi connectivity index (χ4n) is 1.88. The first-order valence-corrected chi connectivity index (χ1v) is 5.61. The fraction of sp³-hybridized carbons (Fsp3) is 0.417. The average Bonchev–Trinajstić information content (AvgIpc) is 2.71. The summed E-state index contributed by atoms with van der Waals surface area (Å²) in [6.07, 6.45) is 2.89. The molecular weight excluding hydrogens is 243 g/mol. The predicted octanol–water partition coefficient (Wildman–Crippen LogP) is 2.36. The molecule has 2 N–H and O–H groups in total. The quantitative estimate of drug-likeness (QED) is 0.883. The van der Waals surface area contributed by atoms with Crippen molar-refractivity contribution in [2.45, 2.75) is 12.6 Å². The van der Waals surface area contributed by atoms with Gasteiger partial charge in [-0.2, -0.15) is 13.2 Å². The first-order chi connectivity index (χ1) is 8.41. The molecule has 0 fully saturated rings. The van der Waals surface area contributed by atoms with Crippen LogP contribution < -0.4 is 5.73 Å². The van der Waals surface area contributed by atoms with Crippen LogP contribution in [0.3, 0.4) is 0 Å². The van der Waals surface area contributed by atoms with Crippen LogP contribution in [-0.2, 0) is 13.2 Å². The van der Waals surface area contributed by atoms with Crippen LogP contribution in [0.1, 0.15) is 17.9 Å². The van der Waals surface area contributed by atoms with Crippen LogP contribution in [0, 0.1) is 5.92 Å². The zero-order chi connectivity index (χ0) is 13.3. The van der Waals surface area contributed by atoms with Crippen molar-refractivity contribution in [2.24, 2.45) is 18.7 Å². The van der Waals surface area contributed by atoms with Gasteiger partial charge in [-0.15, -0.1) is 0 Å². The smallest absolute Gasteiger partial charge is 0.333 e. The van der Waals surface area contributed by atoms with Gasteiger partial charge < -0.3 is 10.3 Å². The normalized spacial score (nSPS) is 20.1. The van der Waals surface area contributed by atoms with Gasteiger partial charge in [-0.25, -0.2) is 4.98 Å². The number of halogens is 3. The Labute approximate surface area is 103 Å². The van der Waals surface area contributed by atoms with Gasteiger partial charge in [0.25, 0.3) is 0 Å². The molecule has 1 heterocycles. The van der Waals surface area contributed by atoms with Crippen molar-refractivity contribution in [3.8, 4) is 0 Å². The Hall–Kier alpha value is -1.56. The molecule has 1 aromatic rings. The molecule has 6 heteroatoms. The highest BCUT2D eigenvalue weighted by Gasteiger charge is 2.34. The monoisotopic (exact) mass is 257 g/mol. The van der Waals surface area contributed by atoms with Crippen molar-refractivity contribution in [1.29, 1.82) is 0 Å². The maximum absolute atomic E-state index is 12.5. The van der Waals surface area contributed by atoms with E-state index < -0.39 is 11.9 Å². The molecule has 1 unspecified atom stereocenters. The highest BCUT2D eigenvalue weighted by Crippen LogP contribution is 2.30. The molecule has 0 saturated carbocycles. The van der Waals surface area contributed by atoms with Gasteiger partial charge in [-0.05, 0) is 18.9 Å². The molecule has 0 radical (unpaired) electrons. The zero-order valence-electron chi connectivity index (χ0n) is 9.91. The molecular formula is C12H14F3N3. The Bertz CT molecular complexity index is 497. The number of hydrogen-bond acceptors (Lipinski definition) is 2.